The first kappa shape index (κ1) is 14.5. The lowest BCUT2D eigenvalue weighted by Gasteiger charge is -2.26. The number of nitrogens with zero attached hydrogens (tertiary/aromatic N) is 1. The van der Waals surface area contributed by atoms with Gasteiger partial charge in [-0.15, -0.1) is 6.42 Å². The number of hydrogen-bond donors (Lipinski definition) is 3. The van der Waals surface area contributed by atoms with Gasteiger partial charge >= 0.3 is 5.69 Å². The third-order valence-electron chi connectivity index (χ3n) is 3.39. The van der Waals surface area contributed by atoms with Crippen molar-refractivity contribution in [1.29, 1.82) is 0 Å². The lowest BCUT2D eigenvalue weighted by molar-refractivity contribution is -0.0730. The zero-order chi connectivity index (χ0) is 14.9. The average Bonchev–Trinajstić information content (AvgIpc) is 2.65. The third-order valence-corrected chi connectivity index (χ3v) is 3.39. The maximum atomic E-state index is 11.8. The summed E-state index contributed by atoms with van der Waals surface area (Å²) in [6.07, 6.45) is 4.44. The van der Waals surface area contributed by atoms with Gasteiger partial charge in [-0.25, -0.2) is 4.79 Å². The molecular formula is C13H16N2O5. The highest BCUT2D eigenvalue weighted by atomic mass is 16.6. The number of H-pyrrole nitrogens is 1. The molecule has 1 aliphatic heterocycles. The first-order valence-electron chi connectivity index (χ1n) is 6.29. The molecule has 7 nitrogen and oxygen atoms in total. The lowest BCUT2D eigenvalue weighted by Crippen LogP contribution is -2.47. The number of aromatic amines is 1. The highest BCUT2D eigenvalue weighted by Gasteiger charge is 2.55. The molecule has 0 saturated carbocycles. The van der Waals surface area contributed by atoms with Gasteiger partial charge in [0.05, 0.1) is 6.10 Å². The van der Waals surface area contributed by atoms with E-state index in [-0.39, 0.29) is 0 Å². The first-order chi connectivity index (χ1) is 9.43. The predicted molar refractivity (Wildman–Crippen MR) is 69.9 cm³/mol. The second-order valence-electron chi connectivity index (χ2n) is 4.75. The largest absolute Gasteiger partial charge is 0.386 e. The van der Waals surface area contributed by atoms with E-state index in [1.165, 1.54) is 6.20 Å². The van der Waals surface area contributed by atoms with Gasteiger partial charge in [0.1, 0.15) is 6.10 Å². The van der Waals surface area contributed by atoms with E-state index in [1.54, 1.807) is 0 Å². The molecule has 0 amide bonds. The van der Waals surface area contributed by atoms with Gasteiger partial charge in [-0.3, -0.25) is 14.3 Å². The normalized spacial score (nSPS) is 33.0. The van der Waals surface area contributed by atoms with Crippen molar-refractivity contribution < 1.29 is 14.9 Å². The quantitative estimate of drug-likeness (QED) is 0.613. The Balaban J connectivity index is 2.47. The summed E-state index contributed by atoms with van der Waals surface area (Å²) in [5.41, 5.74) is -3.36. The van der Waals surface area contributed by atoms with Crippen molar-refractivity contribution in [3.63, 3.8) is 0 Å². The topological polar surface area (TPSA) is 105 Å². The molecule has 4 atom stereocenters. The van der Waals surface area contributed by atoms with Crippen LogP contribution in [0.5, 0.6) is 0 Å². The standard InChI is InChI=1S/C13H16N2O5/c1-3-5-8-10(17)13(19,4-2)11(20-8)15-7-6-9(16)14-12(15)18/h2,6-8,10-11,17,19H,3,5H2,1H3,(H,14,16,18). The summed E-state index contributed by atoms with van der Waals surface area (Å²) in [6.45, 7) is 1.89. The maximum Gasteiger partial charge on any atom is 0.330 e. The van der Waals surface area contributed by atoms with Crippen molar-refractivity contribution in [1.82, 2.24) is 9.55 Å². The molecule has 2 rings (SSSR count). The Kier molecular flexibility index (Phi) is 3.81. The Morgan fingerprint density at radius 3 is 2.85 bits per heavy atom. The summed E-state index contributed by atoms with van der Waals surface area (Å²) in [5.74, 6) is 2.10. The minimum atomic E-state index is -2.03. The monoisotopic (exact) mass is 280 g/mol. The molecule has 7 heteroatoms. The molecule has 0 bridgehead atoms. The molecular weight excluding hydrogens is 264 g/mol. The van der Waals surface area contributed by atoms with Crippen LogP contribution >= 0.6 is 0 Å². The number of ether oxygens (including phenoxy) is 1. The van der Waals surface area contributed by atoms with E-state index >= 15 is 0 Å². The van der Waals surface area contributed by atoms with Gasteiger partial charge in [0.15, 0.2) is 11.8 Å². The van der Waals surface area contributed by atoms with Gasteiger partial charge in [-0.2, -0.15) is 0 Å². The van der Waals surface area contributed by atoms with E-state index in [4.69, 9.17) is 11.2 Å². The van der Waals surface area contributed by atoms with Crippen molar-refractivity contribution in [3.05, 3.63) is 33.1 Å². The predicted octanol–water partition coefficient (Wildman–Crippen LogP) is -1.04. The summed E-state index contributed by atoms with van der Waals surface area (Å²) in [7, 11) is 0. The number of terminal acetylenes is 1. The maximum absolute atomic E-state index is 11.8. The smallest absolute Gasteiger partial charge is 0.330 e. The highest BCUT2D eigenvalue weighted by Crippen LogP contribution is 2.38. The molecule has 0 aromatic carbocycles. The van der Waals surface area contributed by atoms with Crippen LogP contribution in [-0.4, -0.2) is 37.6 Å². The molecule has 108 valence electrons. The zero-order valence-corrected chi connectivity index (χ0v) is 10.9. The lowest BCUT2D eigenvalue weighted by atomic mass is 9.93. The summed E-state index contributed by atoms with van der Waals surface area (Å²) < 4.78 is 6.50. The number of hydrogen-bond acceptors (Lipinski definition) is 5. The summed E-state index contributed by atoms with van der Waals surface area (Å²) in [5, 5.41) is 20.5. The second kappa shape index (κ2) is 5.25. The van der Waals surface area contributed by atoms with E-state index < -0.39 is 35.3 Å². The fourth-order valence-corrected chi connectivity index (χ4v) is 2.33. The number of rotatable bonds is 3. The van der Waals surface area contributed by atoms with Crippen LogP contribution in [0.25, 0.3) is 0 Å². The number of aliphatic hydroxyl groups is 2. The van der Waals surface area contributed by atoms with Crippen LogP contribution in [0.2, 0.25) is 0 Å². The third kappa shape index (κ3) is 2.18. The Hall–Kier alpha value is -1.88. The number of aromatic nitrogens is 2. The highest BCUT2D eigenvalue weighted by molar-refractivity contribution is 5.19. The fourth-order valence-electron chi connectivity index (χ4n) is 2.33. The summed E-state index contributed by atoms with van der Waals surface area (Å²) in [6, 6.07) is 1.11. The van der Waals surface area contributed by atoms with Gasteiger partial charge in [-0.1, -0.05) is 19.3 Å². The molecule has 20 heavy (non-hydrogen) atoms. The van der Waals surface area contributed by atoms with Crippen molar-refractivity contribution in [2.24, 2.45) is 0 Å². The molecule has 1 aromatic heterocycles. The van der Waals surface area contributed by atoms with E-state index in [2.05, 4.69) is 5.92 Å². The molecule has 1 fully saturated rings. The van der Waals surface area contributed by atoms with E-state index in [0.29, 0.717) is 6.42 Å². The molecule has 3 N–H and O–H groups in total. The Bertz CT molecular complexity index is 643. The first-order valence-corrected chi connectivity index (χ1v) is 6.29. The van der Waals surface area contributed by atoms with Crippen molar-refractivity contribution >= 4 is 0 Å². The molecule has 0 radical (unpaired) electrons. The molecule has 0 aliphatic carbocycles. The van der Waals surface area contributed by atoms with E-state index in [1.807, 2.05) is 11.9 Å². The fraction of sp³-hybridized carbons (Fsp3) is 0.538. The zero-order valence-electron chi connectivity index (χ0n) is 10.9. The number of nitrogens with one attached hydrogen (secondary N) is 1. The number of aliphatic hydroxyl groups excluding tert-OH is 1. The minimum absolute atomic E-state index is 0.486. The van der Waals surface area contributed by atoms with Crippen LogP contribution in [0, 0.1) is 12.3 Å². The molecule has 1 saturated heterocycles. The van der Waals surface area contributed by atoms with E-state index in [9.17, 15) is 19.8 Å². The van der Waals surface area contributed by atoms with Gasteiger partial charge in [0.25, 0.3) is 5.56 Å². The molecule has 0 spiro atoms. The average molecular weight is 280 g/mol. The van der Waals surface area contributed by atoms with Crippen LogP contribution in [0.4, 0.5) is 0 Å². The SMILES string of the molecule is C#CC1(O)C(O)C(CCC)OC1n1ccc(=O)[nH]c1=O. The van der Waals surface area contributed by atoms with Gasteiger partial charge in [0.2, 0.25) is 0 Å². The summed E-state index contributed by atoms with van der Waals surface area (Å²) in [4.78, 5) is 24.9. The minimum Gasteiger partial charge on any atom is -0.386 e. The van der Waals surface area contributed by atoms with Crippen LogP contribution in [0.3, 0.4) is 0 Å². The van der Waals surface area contributed by atoms with E-state index in [0.717, 1.165) is 17.1 Å². The van der Waals surface area contributed by atoms with Crippen molar-refractivity contribution in [2.75, 3.05) is 0 Å². The second-order valence-corrected chi connectivity index (χ2v) is 4.75. The van der Waals surface area contributed by atoms with Crippen molar-refractivity contribution in [3.8, 4) is 12.3 Å². The van der Waals surface area contributed by atoms with Crippen LogP contribution in [0.1, 0.15) is 26.0 Å². The van der Waals surface area contributed by atoms with Crippen LogP contribution in [-0.2, 0) is 4.74 Å². The summed E-state index contributed by atoms with van der Waals surface area (Å²) >= 11 is 0. The molecule has 1 aliphatic rings. The van der Waals surface area contributed by atoms with Gasteiger partial charge in [-0.05, 0) is 6.42 Å². The van der Waals surface area contributed by atoms with Crippen molar-refractivity contribution in [2.45, 2.75) is 43.8 Å². The van der Waals surface area contributed by atoms with Gasteiger partial charge < -0.3 is 14.9 Å². The van der Waals surface area contributed by atoms with Gasteiger partial charge in [0, 0.05) is 12.3 Å². The molecule has 2 heterocycles. The molecule has 4 unspecified atom stereocenters. The Morgan fingerprint density at radius 1 is 1.60 bits per heavy atom. The van der Waals surface area contributed by atoms with Crippen LogP contribution in [0.15, 0.2) is 21.9 Å². The molecule has 1 aromatic rings. The van der Waals surface area contributed by atoms with Crippen LogP contribution < -0.4 is 11.2 Å². The Morgan fingerprint density at radius 2 is 2.30 bits per heavy atom. The Labute approximate surface area is 114 Å².